The normalized spacial score (nSPS) is 12.9. The zero-order valence-electron chi connectivity index (χ0n) is 12.2. The Morgan fingerprint density at radius 1 is 1.24 bits per heavy atom. The second kappa shape index (κ2) is 6.80. The van der Waals surface area contributed by atoms with Gasteiger partial charge in [-0.15, -0.1) is 0 Å². The van der Waals surface area contributed by atoms with Gasteiger partial charge in [-0.2, -0.15) is 0 Å². The van der Waals surface area contributed by atoms with Gasteiger partial charge >= 0.3 is 6.09 Å². The molecule has 118 valence electrons. The van der Waals surface area contributed by atoms with E-state index in [0.29, 0.717) is 6.07 Å². The maximum Gasteiger partial charge on any atom is 0.407 e. The van der Waals surface area contributed by atoms with E-state index in [2.05, 4.69) is 5.32 Å². The molecule has 0 saturated heterocycles. The van der Waals surface area contributed by atoms with Crippen LogP contribution < -0.4 is 11.1 Å². The molecule has 0 heterocycles. The minimum absolute atomic E-state index is 0.0439. The molecule has 0 aliphatic carbocycles. The Labute approximate surface area is 121 Å². The average molecular weight is 304 g/mol. The molecule has 1 aromatic rings. The first kappa shape index (κ1) is 17.3. The van der Waals surface area contributed by atoms with Gasteiger partial charge in [0.25, 0.3) is 0 Å². The van der Waals surface area contributed by atoms with Gasteiger partial charge in [-0.3, -0.25) is 0 Å². The molecule has 7 heteroatoms. The van der Waals surface area contributed by atoms with E-state index in [1.165, 1.54) is 0 Å². The number of ether oxygens (including phenoxy) is 1. The fourth-order valence-corrected chi connectivity index (χ4v) is 1.69. The smallest absolute Gasteiger partial charge is 0.407 e. The molecule has 0 aliphatic rings. The average Bonchev–Trinajstić information content (AvgIpc) is 2.33. The van der Waals surface area contributed by atoms with Gasteiger partial charge in [0.15, 0.2) is 11.6 Å². The van der Waals surface area contributed by atoms with E-state index >= 15 is 0 Å². The van der Waals surface area contributed by atoms with Gasteiger partial charge in [-0.05, 0) is 32.4 Å². The number of nitrogens with one attached hydrogen (secondary N) is 1. The topological polar surface area (TPSA) is 64.3 Å². The Kier molecular flexibility index (Phi) is 5.60. The third-order valence-electron chi connectivity index (χ3n) is 2.66. The van der Waals surface area contributed by atoms with Gasteiger partial charge in [0.1, 0.15) is 11.4 Å². The number of nitrogens with two attached hydrogens (primary N) is 1. The molecule has 0 aliphatic heterocycles. The summed E-state index contributed by atoms with van der Waals surface area (Å²) in [4.78, 5) is 11.5. The number of carbonyl (C=O) groups is 1. The maximum absolute atomic E-state index is 13.7. The molecule has 0 spiro atoms. The van der Waals surface area contributed by atoms with Crippen LogP contribution >= 0.6 is 0 Å². The van der Waals surface area contributed by atoms with Gasteiger partial charge in [0, 0.05) is 25.1 Å². The van der Waals surface area contributed by atoms with Crippen molar-refractivity contribution in [3.05, 3.63) is 35.1 Å². The quantitative estimate of drug-likeness (QED) is 0.841. The molecule has 3 N–H and O–H groups in total. The molecule has 0 aromatic heterocycles. The van der Waals surface area contributed by atoms with Crippen LogP contribution in [0.25, 0.3) is 0 Å². The first-order chi connectivity index (χ1) is 9.64. The van der Waals surface area contributed by atoms with Crippen LogP contribution in [0.1, 0.15) is 32.3 Å². The molecule has 1 amide bonds. The van der Waals surface area contributed by atoms with Gasteiger partial charge in [0.2, 0.25) is 0 Å². The number of benzene rings is 1. The molecule has 0 fully saturated rings. The van der Waals surface area contributed by atoms with Crippen molar-refractivity contribution in [1.29, 1.82) is 0 Å². The monoisotopic (exact) mass is 304 g/mol. The molecule has 4 nitrogen and oxygen atoms in total. The van der Waals surface area contributed by atoms with Crippen molar-refractivity contribution in [1.82, 2.24) is 5.32 Å². The van der Waals surface area contributed by atoms with E-state index in [1.54, 1.807) is 20.8 Å². The lowest BCUT2D eigenvalue weighted by atomic mass is 9.98. The predicted molar refractivity (Wildman–Crippen MR) is 72.3 cm³/mol. The summed E-state index contributed by atoms with van der Waals surface area (Å²) in [5, 5.41) is 2.43. The molecule has 1 atom stereocenters. The molecular weight excluding hydrogens is 285 g/mol. The number of hydrogen-bond donors (Lipinski definition) is 2. The lowest BCUT2D eigenvalue weighted by Crippen LogP contribution is -2.36. The van der Waals surface area contributed by atoms with E-state index in [0.717, 1.165) is 6.07 Å². The van der Waals surface area contributed by atoms with E-state index < -0.39 is 35.1 Å². The van der Waals surface area contributed by atoms with Gasteiger partial charge in [0.05, 0.1) is 0 Å². The summed E-state index contributed by atoms with van der Waals surface area (Å²) in [7, 11) is 0. The highest BCUT2D eigenvalue weighted by atomic mass is 19.2. The van der Waals surface area contributed by atoms with Crippen LogP contribution in [0.4, 0.5) is 18.0 Å². The fraction of sp³-hybridized carbons (Fsp3) is 0.500. The Balaban J connectivity index is 2.76. The van der Waals surface area contributed by atoms with E-state index in [-0.39, 0.29) is 18.7 Å². The van der Waals surface area contributed by atoms with Crippen molar-refractivity contribution in [3.63, 3.8) is 0 Å². The van der Waals surface area contributed by atoms with Crippen LogP contribution in [-0.4, -0.2) is 24.8 Å². The second-order valence-corrected chi connectivity index (χ2v) is 5.60. The van der Waals surface area contributed by atoms with Crippen LogP contribution in [0.2, 0.25) is 0 Å². The summed E-state index contributed by atoms with van der Waals surface area (Å²) in [5.41, 5.74) is 4.74. The number of amides is 1. The zero-order chi connectivity index (χ0) is 16.2. The summed E-state index contributed by atoms with van der Waals surface area (Å²) >= 11 is 0. The largest absolute Gasteiger partial charge is 0.444 e. The van der Waals surface area contributed by atoms with Crippen LogP contribution in [-0.2, 0) is 4.74 Å². The van der Waals surface area contributed by atoms with E-state index in [9.17, 15) is 18.0 Å². The van der Waals surface area contributed by atoms with Crippen molar-refractivity contribution in [2.75, 3.05) is 13.1 Å². The molecule has 0 saturated carbocycles. The highest BCUT2D eigenvalue weighted by molar-refractivity contribution is 5.67. The summed E-state index contributed by atoms with van der Waals surface area (Å²) in [6, 6.07) is 1.21. The lowest BCUT2D eigenvalue weighted by Gasteiger charge is -2.22. The summed E-state index contributed by atoms with van der Waals surface area (Å²) in [6.07, 6.45) is -0.691. The van der Waals surface area contributed by atoms with Crippen molar-refractivity contribution >= 4 is 6.09 Å². The van der Waals surface area contributed by atoms with E-state index in [4.69, 9.17) is 10.5 Å². The summed E-state index contributed by atoms with van der Waals surface area (Å²) < 4.78 is 44.8. The Hall–Kier alpha value is -1.76. The molecule has 1 rings (SSSR count). The highest BCUT2D eigenvalue weighted by Gasteiger charge is 2.21. The second-order valence-electron chi connectivity index (χ2n) is 5.60. The molecule has 1 aromatic carbocycles. The number of rotatable bonds is 4. The molecular formula is C14H19F3N2O2. The first-order valence-electron chi connectivity index (χ1n) is 6.45. The fourth-order valence-electron chi connectivity index (χ4n) is 1.69. The van der Waals surface area contributed by atoms with Gasteiger partial charge in [-0.25, -0.2) is 18.0 Å². The minimum atomic E-state index is -1.27. The van der Waals surface area contributed by atoms with Crippen molar-refractivity contribution in [3.8, 4) is 0 Å². The van der Waals surface area contributed by atoms with Crippen molar-refractivity contribution in [2.45, 2.75) is 32.3 Å². The van der Waals surface area contributed by atoms with E-state index in [1.807, 2.05) is 0 Å². The number of carbonyl (C=O) groups excluding carboxylic acids is 1. The van der Waals surface area contributed by atoms with Crippen LogP contribution in [0.5, 0.6) is 0 Å². The van der Waals surface area contributed by atoms with Crippen LogP contribution in [0.3, 0.4) is 0 Å². The predicted octanol–water partition coefficient (Wildman–Crippen LogP) is 2.67. The summed E-state index contributed by atoms with van der Waals surface area (Å²) in [6.45, 7) is 5.00. The molecule has 21 heavy (non-hydrogen) atoms. The van der Waals surface area contributed by atoms with Crippen LogP contribution in [0.15, 0.2) is 12.1 Å². The minimum Gasteiger partial charge on any atom is -0.444 e. The van der Waals surface area contributed by atoms with Gasteiger partial charge in [-0.1, -0.05) is 0 Å². The number of hydrogen-bond acceptors (Lipinski definition) is 3. The Morgan fingerprint density at radius 2 is 1.81 bits per heavy atom. The summed E-state index contributed by atoms with van der Waals surface area (Å²) in [5.74, 6) is -4.03. The lowest BCUT2D eigenvalue weighted by molar-refractivity contribution is 0.0524. The van der Waals surface area contributed by atoms with Crippen molar-refractivity contribution in [2.24, 2.45) is 5.73 Å². The third kappa shape index (κ3) is 5.26. The molecule has 0 radical (unpaired) electrons. The maximum atomic E-state index is 13.7. The highest BCUT2D eigenvalue weighted by Crippen LogP contribution is 2.21. The number of halogens is 3. The third-order valence-corrected chi connectivity index (χ3v) is 2.66. The Morgan fingerprint density at radius 3 is 2.33 bits per heavy atom. The SMILES string of the molecule is CC(C)(C)OC(=O)NCC(CN)c1cc(F)c(F)cc1F. The molecule has 1 unspecified atom stereocenters. The molecule has 0 bridgehead atoms. The standard InChI is InChI=1S/C14H19F3N2O2/c1-14(2,3)21-13(20)19-7-8(6-18)9-4-11(16)12(17)5-10(9)15/h4-5,8H,6-7,18H2,1-3H3,(H,19,20). The zero-order valence-corrected chi connectivity index (χ0v) is 12.2. The Bertz CT molecular complexity index is 516. The van der Waals surface area contributed by atoms with Gasteiger partial charge < -0.3 is 15.8 Å². The number of alkyl carbamates (subject to hydrolysis) is 1. The first-order valence-corrected chi connectivity index (χ1v) is 6.45. The van der Waals surface area contributed by atoms with Crippen molar-refractivity contribution < 1.29 is 22.7 Å². The van der Waals surface area contributed by atoms with Crippen LogP contribution in [0, 0.1) is 17.5 Å².